The van der Waals surface area contributed by atoms with Crippen LogP contribution < -0.4 is 39.6 Å². The summed E-state index contributed by atoms with van der Waals surface area (Å²) >= 11 is 0. The van der Waals surface area contributed by atoms with Crippen molar-refractivity contribution in [3.63, 3.8) is 0 Å². The molecule has 2 rings (SSSR count). The maximum atomic E-state index is 11.8. The summed E-state index contributed by atoms with van der Waals surface area (Å²) < 4.78 is 25.3. The van der Waals surface area contributed by atoms with Crippen LogP contribution in [0.1, 0.15) is 0 Å². The van der Waals surface area contributed by atoms with Crippen LogP contribution in [0.3, 0.4) is 0 Å². The van der Waals surface area contributed by atoms with Crippen LogP contribution in [0.2, 0.25) is 0 Å². The second-order valence-electron chi connectivity index (χ2n) is 3.30. The van der Waals surface area contributed by atoms with E-state index in [-0.39, 0.29) is 40.5 Å². The molecule has 0 saturated carbocycles. The second kappa shape index (κ2) is 7.29. The summed E-state index contributed by atoms with van der Waals surface area (Å²) in [4.78, 5) is 22.6. The van der Waals surface area contributed by atoms with Crippen molar-refractivity contribution in [3.05, 3.63) is 42.9 Å². The first-order valence-electron chi connectivity index (χ1n) is 5.10. The number of carbonyl (C=O) groups is 1. The SMILES string of the molecule is O=C(Nc1ncccn1)NS(=O)(=O)c1ccccn1.[Na+]. The molecular formula is C10H9N5NaO3S+. The van der Waals surface area contributed by atoms with Gasteiger partial charge in [-0.1, -0.05) is 6.07 Å². The van der Waals surface area contributed by atoms with Crippen molar-refractivity contribution in [2.24, 2.45) is 0 Å². The molecule has 2 amide bonds. The summed E-state index contributed by atoms with van der Waals surface area (Å²) in [7, 11) is -4.01. The van der Waals surface area contributed by atoms with Gasteiger partial charge in [0.1, 0.15) is 0 Å². The Morgan fingerprint density at radius 1 is 1.00 bits per heavy atom. The van der Waals surface area contributed by atoms with Crippen molar-refractivity contribution in [2.75, 3.05) is 5.32 Å². The zero-order chi connectivity index (χ0) is 13.7. The number of carbonyl (C=O) groups excluding carboxylic acids is 1. The van der Waals surface area contributed by atoms with E-state index < -0.39 is 16.1 Å². The van der Waals surface area contributed by atoms with Crippen LogP contribution in [0.4, 0.5) is 10.7 Å². The summed E-state index contributed by atoms with van der Waals surface area (Å²) in [5, 5.41) is 1.94. The fraction of sp³-hybridized carbons (Fsp3) is 0. The monoisotopic (exact) mass is 302 g/mol. The van der Waals surface area contributed by atoms with E-state index in [0.29, 0.717) is 0 Å². The summed E-state index contributed by atoms with van der Waals surface area (Å²) in [5.74, 6) is -0.00350. The largest absolute Gasteiger partial charge is 1.00 e. The van der Waals surface area contributed by atoms with Crippen LogP contribution in [-0.2, 0) is 10.0 Å². The number of hydrogen-bond acceptors (Lipinski definition) is 6. The Bertz CT molecular complexity index is 666. The predicted molar refractivity (Wildman–Crippen MR) is 65.6 cm³/mol. The number of anilines is 1. The molecule has 0 saturated heterocycles. The third-order valence-corrected chi connectivity index (χ3v) is 3.18. The van der Waals surface area contributed by atoms with Gasteiger partial charge in [0.05, 0.1) is 0 Å². The summed E-state index contributed by atoms with van der Waals surface area (Å²) in [6.45, 7) is 0. The van der Waals surface area contributed by atoms with E-state index in [0.717, 1.165) is 0 Å². The molecule has 2 aromatic heterocycles. The zero-order valence-corrected chi connectivity index (χ0v) is 13.3. The first-order valence-corrected chi connectivity index (χ1v) is 6.58. The first-order chi connectivity index (χ1) is 9.08. The predicted octanol–water partition coefficient (Wildman–Crippen LogP) is -2.61. The van der Waals surface area contributed by atoms with Gasteiger partial charge in [-0.25, -0.2) is 24.5 Å². The van der Waals surface area contributed by atoms with Crippen molar-refractivity contribution < 1.29 is 42.8 Å². The van der Waals surface area contributed by atoms with Crippen molar-refractivity contribution >= 4 is 22.0 Å². The third-order valence-electron chi connectivity index (χ3n) is 1.93. The molecule has 0 unspecified atom stereocenters. The van der Waals surface area contributed by atoms with E-state index in [1.54, 1.807) is 16.9 Å². The van der Waals surface area contributed by atoms with Gasteiger partial charge in [-0.15, -0.1) is 0 Å². The summed E-state index contributed by atoms with van der Waals surface area (Å²) in [5.41, 5.74) is 0. The van der Waals surface area contributed by atoms with E-state index in [1.165, 1.54) is 30.7 Å². The van der Waals surface area contributed by atoms with Gasteiger partial charge in [-0.3, -0.25) is 5.32 Å². The fourth-order valence-corrected chi connectivity index (χ4v) is 2.03. The average Bonchev–Trinajstić information content (AvgIpc) is 2.40. The molecule has 2 aromatic rings. The number of aromatic nitrogens is 3. The van der Waals surface area contributed by atoms with Gasteiger partial charge in [-0.05, 0) is 18.2 Å². The van der Waals surface area contributed by atoms with Crippen LogP contribution in [0.25, 0.3) is 0 Å². The molecule has 0 radical (unpaired) electrons. The van der Waals surface area contributed by atoms with E-state index in [1.807, 2.05) is 0 Å². The number of nitrogens with one attached hydrogen (secondary N) is 2. The van der Waals surface area contributed by atoms with E-state index in [2.05, 4.69) is 20.3 Å². The Morgan fingerprint density at radius 3 is 2.25 bits per heavy atom. The van der Waals surface area contributed by atoms with Crippen molar-refractivity contribution in [1.29, 1.82) is 0 Å². The van der Waals surface area contributed by atoms with Gasteiger partial charge in [0.15, 0.2) is 5.03 Å². The molecule has 0 aromatic carbocycles. The average molecular weight is 302 g/mol. The number of hydrogen-bond donors (Lipinski definition) is 2. The second-order valence-corrected chi connectivity index (χ2v) is 4.93. The topological polar surface area (TPSA) is 114 Å². The minimum Gasteiger partial charge on any atom is -0.275 e. The fourth-order valence-electron chi connectivity index (χ4n) is 1.17. The minimum atomic E-state index is -4.01. The molecule has 0 aliphatic heterocycles. The molecule has 10 heteroatoms. The molecule has 0 spiro atoms. The maximum Gasteiger partial charge on any atom is 1.00 e. The van der Waals surface area contributed by atoms with Crippen molar-refractivity contribution in [2.45, 2.75) is 5.03 Å². The van der Waals surface area contributed by atoms with Crippen LogP contribution in [0.15, 0.2) is 47.9 Å². The Hall–Kier alpha value is -1.55. The Balaban J connectivity index is 0.00000200. The molecule has 20 heavy (non-hydrogen) atoms. The normalized spacial score (nSPS) is 10.2. The number of sulfonamides is 1. The van der Waals surface area contributed by atoms with Gasteiger partial charge >= 0.3 is 35.6 Å². The van der Waals surface area contributed by atoms with Gasteiger partial charge in [0, 0.05) is 18.6 Å². The van der Waals surface area contributed by atoms with Crippen LogP contribution in [-0.4, -0.2) is 29.4 Å². The zero-order valence-electron chi connectivity index (χ0n) is 10.5. The van der Waals surface area contributed by atoms with Crippen molar-refractivity contribution in [1.82, 2.24) is 19.7 Å². The van der Waals surface area contributed by atoms with Crippen molar-refractivity contribution in [3.8, 4) is 0 Å². The number of rotatable bonds is 3. The maximum absolute atomic E-state index is 11.8. The third kappa shape index (κ3) is 4.53. The molecule has 2 N–H and O–H groups in total. The Morgan fingerprint density at radius 2 is 1.65 bits per heavy atom. The molecule has 0 fully saturated rings. The molecule has 8 nitrogen and oxygen atoms in total. The molecule has 0 atom stereocenters. The molecule has 2 heterocycles. The van der Waals surface area contributed by atoms with Gasteiger partial charge in [0.2, 0.25) is 5.95 Å². The number of urea groups is 1. The van der Waals surface area contributed by atoms with Crippen LogP contribution in [0, 0.1) is 0 Å². The molecule has 98 valence electrons. The minimum absolute atomic E-state index is 0. The van der Waals surface area contributed by atoms with Crippen LogP contribution in [0.5, 0.6) is 0 Å². The summed E-state index contributed by atoms with van der Waals surface area (Å²) in [6, 6.07) is 4.94. The van der Waals surface area contributed by atoms with E-state index >= 15 is 0 Å². The summed E-state index contributed by atoms with van der Waals surface area (Å²) in [6.07, 6.45) is 4.14. The number of nitrogens with zero attached hydrogens (tertiary/aromatic N) is 3. The number of amides is 2. The standard InChI is InChI=1S/C10H9N5O3S.Na/c16-10(14-9-12-6-3-7-13-9)15-19(17,18)8-4-1-2-5-11-8;/h1-7H,(H2,12,13,14,15,16);/q;+1. The van der Waals surface area contributed by atoms with Gasteiger partial charge in [0.25, 0.3) is 10.0 Å². The van der Waals surface area contributed by atoms with E-state index in [4.69, 9.17) is 0 Å². The van der Waals surface area contributed by atoms with Gasteiger partial charge in [-0.2, -0.15) is 8.42 Å². The Kier molecular flexibility index (Phi) is 6.02. The molecule has 0 aliphatic carbocycles. The van der Waals surface area contributed by atoms with E-state index in [9.17, 15) is 13.2 Å². The smallest absolute Gasteiger partial charge is 0.275 e. The first kappa shape index (κ1) is 16.5. The molecular weight excluding hydrogens is 293 g/mol. The molecule has 0 bridgehead atoms. The quantitative estimate of drug-likeness (QED) is 0.600. The number of pyridine rings is 1. The molecule has 0 aliphatic rings. The Labute approximate surface area is 137 Å². The van der Waals surface area contributed by atoms with Crippen LogP contribution >= 0.6 is 0 Å². The van der Waals surface area contributed by atoms with Gasteiger partial charge < -0.3 is 0 Å².